The van der Waals surface area contributed by atoms with Crippen molar-refractivity contribution in [3.63, 3.8) is 0 Å². The number of rotatable bonds is 4. The van der Waals surface area contributed by atoms with Crippen molar-refractivity contribution in [3.8, 4) is 0 Å². The summed E-state index contributed by atoms with van der Waals surface area (Å²) in [6, 6.07) is 7.80. The molecule has 0 amide bonds. The Morgan fingerprint density at radius 2 is 1.84 bits per heavy atom. The van der Waals surface area contributed by atoms with Crippen LogP contribution in [0.15, 0.2) is 24.3 Å². The zero-order chi connectivity index (χ0) is 13.9. The standard InChI is InChI=1S/C16H24ClNO/c1-16(2)9-7-14(8-10-16)19-15(11-18)12-3-5-13(17)6-4-12/h3-6,14-15H,7-11,18H2,1-2H3. The average molecular weight is 282 g/mol. The molecule has 1 aliphatic rings. The first-order chi connectivity index (χ1) is 9.00. The van der Waals surface area contributed by atoms with Gasteiger partial charge in [-0.3, -0.25) is 0 Å². The summed E-state index contributed by atoms with van der Waals surface area (Å²) >= 11 is 5.91. The van der Waals surface area contributed by atoms with E-state index in [9.17, 15) is 0 Å². The quantitative estimate of drug-likeness (QED) is 0.892. The van der Waals surface area contributed by atoms with Crippen molar-refractivity contribution in [2.24, 2.45) is 11.1 Å². The summed E-state index contributed by atoms with van der Waals surface area (Å²) in [5.74, 6) is 0. The average Bonchev–Trinajstić information content (AvgIpc) is 2.39. The highest BCUT2D eigenvalue weighted by molar-refractivity contribution is 6.30. The third-order valence-corrected chi connectivity index (χ3v) is 4.35. The largest absolute Gasteiger partial charge is 0.369 e. The monoisotopic (exact) mass is 281 g/mol. The molecule has 2 N–H and O–H groups in total. The number of hydrogen-bond donors (Lipinski definition) is 1. The molecule has 0 saturated heterocycles. The first-order valence-corrected chi connectivity index (χ1v) is 7.49. The van der Waals surface area contributed by atoms with Gasteiger partial charge in [0.25, 0.3) is 0 Å². The van der Waals surface area contributed by atoms with Crippen LogP contribution in [0.25, 0.3) is 0 Å². The van der Waals surface area contributed by atoms with E-state index >= 15 is 0 Å². The lowest BCUT2D eigenvalue weighted by molar-refractivity contribution is -0.0429. The maximum atomic E-state index is 6.19. The predicted octanol–water partition coefficient (Wildman–Crippen LogP) is 4.33. The van der Waals surface area contributed by atoms with Gasteiger partial charge in [0.2, 0.25) is 0 Å². The van der Waals surface area contributed by atoms with Gasteiger partial charge in [0, 0.05) is 11.6 Å². The van der Waals surface area contributed by atoms with Crippen molar-refractivity contribution in [1.29, 1.82) is 0 Å². The topological polar surface area (TPSA) is 35.2 Å². The van der Waals surface area contributed by atoms with Gasteiger partial charge in [-0.25, -0.2) is 0 Å². The van der Waals surface area contributed by atoms with E-state index in [1.807, 2.05) is 24.3 Å². The van der Waals surface area contributed by atoms with Gasteiger partial charge in [-0.1, -0.05) is 37.6 Å². The van der Waals surface area contributed by atoms with E-state index in [4.69, 9.17) is 22.1 Å². The molecule has 1 aromatic rings. The Hall–Kier alpha value is -0.570. The van der Waals surface area contributed by atoms with Gasteiger partial charge in [-0.2, -0.15) is 0 Å². The predicted molar refractivity (Wildman–Crippen MR) is 80.4 cm³/mol. The number of benzene rings is 1. The van der Waals surface area contributed by atoms with Crippen LogP contribution in [0.1, 0.15) is 51.2 Å². The van der Waals surface area contributed by atoms with Gasteiger partial charge in [-0.05, 0) is 48.8 Å². The maximum absolute atomic E-state index is 6.19. The van der Waals surface area contributed by atoms with Gasteiger partial charge in [0.15, 0.2) is 0 Å². The highest BCUT2D eigenvalue weighted by atomic mass is 35.5. The highest BCUT2D eigenvalue weighted by Gasteiger charge is 2.28. The molecule has 1 saturated carbocycles. The summed E-state index contributed by atoms with van der Waals surface area (Å²) in [4.78, 5) is 0. The molecule has 1 aliphatic carbocycles. The molecule has 2 rings (SSSR count). The summed E-state index contributed by atoms with van der Waals surface area (Å²) in [6.07, 6.45) is 5.07. The second-order valence-corrected chi connectivity index (χ2v) is 6.71. The van der Waals surface area contributed by atoms with Crippen molar-refractivity contribution in [2.45, 2.75) is 51.7 Å². The third-order valence-electron chi connectivity index (χ3n) is 4.10. The molecule has 106 valence electrons. The van der Waals surface area contributed by atoms with Crippen LogP contribution < -0.4 is 5.73 Å². The van der Waals surface area contributed by atoms with E-state index in [2.05, 4.69) is 13.8 Å². The molecule has 0 spiro atoms. The first kappa shape index (κ1) is 14.8. The zero-order valence-electron chi connectivity index (χ0n) is 11.9. The summed E-state index contributed by atoms with van der Waals surface area (Å²) in [6.45, 7) is 5.19. The molecule has 1 aromatic carbocycles. The fourth-order valence-electron chi connectivity index (χ4n) is 2.69. The Morgan fingerprint density at radius 3 is 2.37 bits per heavy atom. The van der Waals surface area contributed by atoms with Crippen molar-refractivity contribution in [3.05, 3.63) is 34.9 Å². The van der Waals surface area contributed by atoms with Crippen LogP contribution >= 0.6 is 11.6 Å². The lowest BCUT2D eigenvalue weighted by atomic mass is 9.76. The number of hydrogen-bond acceptors (Lipinski definition) is 2. The van der Waals surface area contributed by atoms with Crippen molar-refractivity contribution < 1.29 is 4.74 Å². The normalized spacial score (nSPS) is 21.3. The van der Waals surface area contributed by atoms with Crippen LogP contribution in [-0.4, -0.2) is 12.6 Å². The SMILES string of the molecule is CC1(C)CCC(OC(CN)c2ccc(Cl)cc2)CC1. The van der Waals surface area contributed by atoms with E-state index in [0.717, 1.165) is 23.4 Å². The molecule has 0 aromatic heterocycles. The second kappa shape index (κ2) is 6.25. The smallest absolute Gasteiger partial charge is 0.0950 e. The Morgan fingerprint density at radius 1 is 1.26 bits per heavy atom. The fourth-order valence-corrected chi connectivity index (χ4v) is 2.81. The van der Waals surface area contributed by atoms with E-state index in [-0.39, 0.29) is 6.10 Å². The van der Waals surface area contributed by atoms with Crippen LogP contribution in [0, 0.1) is 5.41 Å². The number of nitrogens with two attached hydrogens (primary N) is 1. The zero-order valence-corrected chi connectivity index (χ0v) is 12.6. The van der Waals surface area contributed by atoms with Crippen LogP contribution in [0.5, 0.6) is 0 Å². The van der Waals surface area contributed by atoms with Gasteiger partial charge < -0.3 is 10.5 Å². The first-order valence-electron chi connectivity index (χ1n) is 7.11. The Bertz CT molecular complexity index is 392. The maximum Gasteiger partial charge on any atom is 0.0950 e. The molecule has 1 fully saturated rings. The van der Waals surface area contributed by atoms with Crippen LogP contribution in [0.4, 0.5) is 0 Å². The van der Waals surface area contributed by atoms with Crippen LogP contribution in [0.2, 0.25) is 5.02 Å². The third kappa shape index (κ3) is 4.20. The lowest BCUT2D eigenvalue weighted by Crippen LogP contribution is -2.29. The summed E-state index contributed by atoms with van der Waals surface area (Å²) < 4.78 is 6.19. The fraction of sp³-hybridized carbons (Fsp3) is 0.625. The number of ether oxygens (including phenoxy) is 1. The molecule has 0 bridgehead atoms. The van der Waals surface area contributed by atoms with E-state index in [1.165, 1.54) is 12.8 Å². The van der Waals surface area contributed by atoms with E-state index in [1.54, 1.807) is 0 Å². The molecular formula is C16H24ClNO. The van der Waals surface area contributed by atoms with Gasteiger partial charge in [0.1, 0.15) is 0 Å². The highest BCUT2D eigenvalue weighted by Crippen LogP contribution is 2.37. The molecule has 19 heavy (non-hydrogen) atoms. The van der Waals surface area contributed by atoms with Gasteiger partial charge in [0.05, 0.1) is 12.2 Å². The molecule has 3 heteroatoms. The van der Waals surface area contributed by atoms with Crippen LogP contribution in [0.3, 0.4) is 0 Å². The van der Waals surface area contributed by atoms with Crippen molar-refractivity contribution >= 4 is 11.6 Å². The Kier molecular flexibility index (Phi) is 4.88. The Balaban J connectivity index is 1.94. The molecule has 2 nitrogen and oxygen atoms in total. The molecular weight excluding hydrogens is 258 g/mol. The molecule has 0 radical (unpaired) electrons. The summed E-state index contributed by atoms with van der Waals surface area (Å²) in [5.41, 5.74) is 7.45. The second-order valence-electron chi connectivity index (χ2n) is 6.28. The lowest BCUT2D eigenvalue weighted by Gasteiger charge is -2.35. The van der Waals surface area contributed by atoms with Crippen LogP contribution in [-0.2, 0) is 4.74 Å². The van der Waals surface area contributed by atoms with Gasteiger partial charge in [-0.15, -0.1) is 0 Å². The molecule has 0 heterocycles. The molecule has 1 unspecified atom stereocenters. The minimum atomic E-state index is -0.0107. The minimum absolute atomic E-state index is 0.0107. The number of halogens is 1. The Labute approximate surface area is 121 Å². The molecule has 0 aliphatic heterocycles. The molecule has 1 atom stereocenters. The van der Waals surface area contributed by atoms with Crippen molar-refractivity contribution in [1.82, 2.24) is 0 Å². The van der Waals surface area contributed by atoms with E-state index in [0.29, 0.717) is 18.1 Å². The van der Waals surface area contributed by atoms with E-state index < -0.39 is 0 Å². The van der Waals surface area contributed by atoms with Gasteiger partial charge >= 0.3 is 0 Å². The summed E-state index contributed by atoms with van der Waals surface area (Å²) in [5, 5.41) is 0.749. The summed E-state index contributed by atoms with van der Waals surface area (Å²) in [7, 11) is 0. The minimum Gasteiger partial charge on any atom is -0.369 e. The van der Waals surface area contributed by atoms with Crippen molar-refractivity contribution in [2.75, 3.05) is 6.54 Å².